The lowest BCUT2D eigenvalue weighted by Gasteiger charge is -2.16. The van der Waals surface area contributed by atoms with Crippen LogP contribution in [0.2, 0.25) is 0 Å². The molecule has 0 spiro atoms. The van der Waals surface area contributed by atoms with Crippen LogP contribution in [0.25, 0.3) is 10.9 Å². The summed E-state index contributed by atoms with van der Waals surface area (Å²) in [5, 5.41) is 3.93. The van der Waals surface area contributed by atoms with Crippen molar-refractivity contribution in [2.45, 2.75) is 24.8 Å². The Morgan fingerprint density at radius 1 is 1.30 bits per heavy atom. The van der Waals surface area contributed by atoms with Gasteiger partial charge in [-0.15, -0.1) is 0 Å². The first-order valence-electron chi connectivity index (χ1n) is 9.00. The number of hydrogen-bond donors (Lipinski definition) is 2. The van der Waals surface area contributed by atoms with Crippen LogP contribution in [0, 0.1) is 5.92 Å². The van der Waals surface area contributed by atoms with Crippen molar-refractivity contribution in [1.82, 2.24) is 15.3 Å². The lowest BCUT2D eigenvalue weighted by atomic mass is 10.0. The molecule has 138 valence electrons. The van der Waals surface area contributed by atoms with Gasteiger partial charge in [-0.25, -0.2) is 4.79 Å². The molecule has 2 N–H and O–H groups in total. The van der Waals surface area contributed by atoms with Gasteiger partial charge in [0, 0.05) is 41.8 Å². The fraction of sp³-hybridized carbons (Fsp3) is 0.286. The first-order chi connectivity index (χ1) is 13.2. The summed E-state index contributed by atoms with van der Waals surface area (Å²) in [5.74, 6) is -0.499. The van der Waals surface area contributed by atoms with Gasteiger partial charge < -0.3 is 15.0 Å². The number of carbonyl (C=O) groups excluding carboxylic acids is 2. The van der Waals surface area contributed by atoms with E-state index in [-0.39, 0.29) is 17.7 Å². The van der Waals surface area contributed by atoms with E-state index in [1.165, 1.54) is 7.11 Å². The van der Waals surface area contributed by atoms with E-state index in [0.717, 1.165) is 28.5 Å². The summed E-state index contributed by atoms with van der Waals surface area (Å²) in [5.41, 5.74) is 3.03. The first kappa shape index (κ1) is 17.3. The number of rotatable bonds is 6. The van der Waals surface area contributed by atoms with Crippen LogP contribution in [0.1, 0.15) is 23.5 Å². The maximum absolute atomic E-state index is 12.7. The van der Waals surface area contributed by atoms with E-state index in [2.05, 4.69) is 15.3 Å². The van der Waals surface area contributed by atoms with Crippen molar-refractivity contribution < 1.29 is 14.3 Å². The van der Waals surface area contributed by atoms with Gasteiger partial charge in [-0.2, -0.15) is 0 Å². The molecule has 1 fully saturated rings. The van der Waals surface area contributed by atoms with Gasteiger partial charge in [0.25, 0.3) is 0 Å². The SMILES string of the molecule is COC(=O)[C@@H](Cc1c[nH]c2ccccc12)NC(=O)C1CC1c1cccnc1. The number of esters is 1. The Labute approximate surface area is 156 Å². The minimum Gasteiger partial charge on any atom is -0.467 e. The van der Waals surface area contributed by atoms with Gasteiger partial charge >= 0.3 is 5.97 Å². The Kier molecular flexibility index (Phi) is 4.62. The van der Waals surface area contributed by atoms with Crippen LogP contribution < -0.4 is 5.32 Å². The van der Waals surface area contributed by atoms with Crippen molar-refractivity contribution in [2.24, 2.45) is 5.92 Å². The third kappa shape index (κ3) is 3.56. The quantitative estimate of drug-likeness (QED) is 0.659. The normalized spacial score (nSPS) is 19.4. The molecular weight excluding hydrogens is 342 g/mol. The van der Waals surface area contributed by atoms with E-state index in [1.54, 1.807) is 12.4 Å². The highest BCUT2D eigenvalue weighted by molar-refractivity contribution is 5.89. The molecule has 0 radical (unpaired) electrons. The average molecular weight is 363 g/mol. The van der Waals surface area contributed by atoms with E-state index in [0.29, 0.717) is 6.42 Å². The van der Waals surface area contributed by atoms with Gasteiger partial charge in [-0.05, 0) is 35.6 Å². The number of aromatic nitrogens is 2. The summed E-state index contributed by atoms with van der Waals surface area (Å²) in [4.78, 5) is 32.2. The summed E-state index contributed by atoms with van der Waals surface area (Å²) < 4.78 is 4.91. The second-order valence-electron chi connectivity index (χ2n) is 6.88. The molecule has 4 rings (SSSR count). The number of hydrogen-bond acceptors (Lipinski definition) is 4. The summed E-state index contributed by atoms with van der Waals surface area (Å²) in [6, 6.07) is 11.0. The van der Waals surface area contributed by atoms with Crippen LogP contribution in [-0.4, -0.2) is 35.0 Å². The van der Waals surface area contributed by atoms with Gasteiger partial charge in [0.05, 0.1) is 7.11 Å². The Bertz CT molecular complexity index is 967. The lowest BCUT2D eigenvalue weighted by Crippen LogP contribution is -2.43. The molecule has 1 amide bonds. The topological polar surface area (TPSA) is 84.1 Å². The molecular formula is C21H21N3O3. The number of para-hydroxylation sites is 1. The summed E-state index contributed by atoms with van der Waals surface area (Å²) >= 11 is 0. The number of nitrogens with zero attached hydrogens (tertiary/aromatic N) is 1. The molecule has 0 bridgehead atoms. The third-order valence-corrected chi connectivity index (χ3v) is 5.14. The maximum Gasteiger partial charge on any atom is 0.328 e. The van der Waals surface area contributed by atoms with Gasteiger partial charge in [-0.1, -0.05) is 24.3 Å². The largest absolute Gasteiger partial charge is 0.467 e. The number of carbonyl (C=O) groups is 2. The number of ether oxygens (including phenoxy) is 1. The first-order valence-corrected chi connectivity index (χ1v) is 9.00. The van der Waals surface area contributed by atoms with Crippen LogP contribution in [-0.2, 0) is 20.7 Å². The standard InChI is InChI=1S/C21H21N3O3/c1-27-21(26)19(9-14-12-23-18-7-3-2-6-15(14)18)24-20(25)17-10-16(17)13-5-4-8-22-11-13/h2-8,11-12,16-17,19,23H,9-10H2,1H3,(H,24,25)/t16?,17?,19-/m1/s1. The molecule has 1 aromatic carbocycles. The number of benzene rings is 1. The average Bonchev–Trinajstić information content (AvgIpc) is 3.42. The number of methoxy groups -OCH3 is 1. The fourth-order valence-corrected chi connectivity index (χ4v) is 3.58. The highest BCUT2D eigenvalue weighted by Crippen LogP contribution is 2.47. The molecule has 1 saturated carbocycles. The van der Waals surface area contributed by atoms with Gasteiger partial charge in [0.1, 0.15) is 6.04 Å². The zero-order chi connectivity index (χ0) is 18.8. The molecule has 6 heteroatoms. The predicted molar refractivity (Wildman–Crippen MR) is 101 cm³/mol. The highest BCUT2D eigenvalue weighted by atomic mass is 16.5. The van der Waals surface area contributed by atoms with Crippen molar-refractivity contribution >= 4 is 22.8 Å². The van der Waals surface area contributed by atoms with Crippen molar-refractivity contribution in [3.05, 3.63) is 66.1 Å². The van der Waals surface area contributed by atoms with Crippen molar-refractivity contribution in [2.75, 3.05) is 7.11 Å². The van der Waals surface area contributed by atoms with E-state index in [9.17, 15) is 9.59 Å². The van der Waals surface area contributed by atoms with Crippen LogP contribution in [0.15, 0.2) is 55.0 Å². The second-order valence-corrected chi connectivity index (χ2v) is 6.88. The van der Waals surface area contributed by atoms with E-state index < -0.39 is 12.0 Å². The van der Waals surface area contributed by atoms with E-state index in [4.69, 9.17) is 4.74 Å². The molecule has 2 heterocycles. The minimum absolute atomic E-state index is 0.112. The zero-order valence-corrected chi connectivity index (χ0v) is 15.0. The molecule has 3 aromatic rings. The maximum atomic E-state index is 12.7. The number of H-pyrrole nitrogens is 1. The molecule has 2 unspecified atom stereocenters. The smallest absolute Gasteiger partial charge is 0.328 e. The molecule has 0 aliphatic heterocycles. The molecule has 1 aliphatic rings. The van der Waals surface area contributed by atoms with Crippen LogP contribution >= 0.6 is 0 Å². The summed E-state index contributed by atoms with van der Waals surface area (Å²) in [6.45, 7) is 0. The van der Waals surface area contributed by atoms with Crippen LogP contribution in [0.4, 0.5) is 0 Å². The number of fused-ring (bicyclic) bond motifs is 1. The number of nitrogens with one attached hydrogen (secondary N) is 2. The summed E-state index contributed by atoms with van der Waals surface area (Å²) in [7, 11) is 1.34. The number of pyridine rings is 1. The van der Waals surface area contributed by atoms with Gasteiger partial charge in [-0.3, -0.25) is 9.78 Å². The Morgan fingerprint density at radius 2 is 2.15 bits per heavy atom. The summed E-state index contributed by atoms with van der Waals surface area (Å²) in [6.07, 6.45) is 6.55. The Balaban J connectivity index is 1.47. The van der Waals surface area contributed by atoms with Crippen LogP contribution in [0.3, 0.4) is 0 Å². The zero-order valence-electron chi connectivity index (χ0n) is 15.0. The minimum atomic E-state index is -0.711. The molecule has 1 aliphatic carbocycles. The van der Waals surface area contributed by atoms with Gasteiger partial charge in [0.2, 0.25) is 5.91 Å². The van der Waals surface area contributed by atoms with E-state index >= 15 is 0 Å². The highest BCUT2D eigenvalue weighted by Gasteiger charge is 2.45. The van der Waals surface area contributed by atoms with Crippen molar-refractivity contribution in [3.63, 3.8) is 0 Å². The van der Waals surface area contributed by atoms with Crippen molar-refractivity contribution in [1.29, 1.82) is 0 Å². The molecule has 27 heavy (non-hydrogen) atoms. The number of aromatic amines is 1. The molecule has 0 saturated heterocycles. The third-order valence-electron chi connectivity index (χ3n) is 5.14. The number of amides is 1. The lowest BCUT2D eigenvalue weighted by molar-refractivity contribution is -0.145. The Hall–Kier alpha value is -3.15. The predicted octanol–water partition coefficient (Wildman–Crippen LogP) is 2.57. The Morgan fingerprint density at radius 3 is 2.93 bits per heavy atom. The molecule has 2 aromatic heterocycles. The van der Waals surface area contributed by atoms with Gasteiger partial charge in [0.15, 0.2) is 0 Å². The fourth-order valence-electron chi connectivity index (χ4n) is 3.58. The monoisotopic (exact) mass is 363 g/mol. The second kappa shape index (κ2) is 7.23. The molecule has 3 atom stereocenters. The van der Waals surface area contributed by atoms with E-state index in [1.807, 2.05) is 42.6 Å². The molecule has 6 nitrogen and oxygen atoms in total. The van der Waals surface area contributed by atoms with Crippen LogP contribution in [0.5, 0.6) is 0 Å². The van der Waals surface area contributed by atoms with Crippen molar-refractivity contribution in [3.8, 4) is 0 Å².